The summed E-state index contributed by atoms with van der Waals surface area (Å²) in [7, 11) is 0. The molecule has 0 aromatic heterocycles. The van der Waals surface area contributed by atoms with Gasteiger partial charge in [-0.25, -0.2) is 5.53 Å². The van der Waals surface area contributed by atoms with E-state index in [0.717, 1.165) is 10.8 Å². The second-order valence-corrected chi connectivity index (χ2v) is 4.08. The van der Waals surface area contributed by atoms with Crippen LogP contribution in [0.25, 0.3) is 22.5 Å². The fourth-order valence-corrected chi connectivity index (χ4v) is 2.14. The molecule has 0 saturated heterocycles. The van der Waals surface area contributed by atoms with Crippen molar-refractivity contribution in [2.75, 3.05) is 0 Å². The third-order valence-corrected chi connectivity index (χ3v) is 3.01. The molecule has 18 heavy (non-hydrogen) atoms. The van der Waals surface area contributed by atoms with Gasteiger partial charge in [0.05, 0.1) is 0 Å². The number of nitrogens with one attached hydrogen (secondary N) is 1. The first-order valence-electron chi connectivity index (χ1n) is 5.41. The molecule has 2 aromatic carbocycles. The molecule has 0 atom stereocenters. The highest BCUT2D eigenvalue weighted by molar-refractivity contribution is 6.60. The Balaban J connectivity index is 2.58. The highest BCUT2D eigenvalue weighted by atomic mass is 16.2. The van der Waals surface area contributed by atoms with Gasteiger partial charge in [0, 0.05) is 5.22 Å². The van der Waals surface area contributed by atoms with Crippen LogP contribution >= 0.6 is 0 Å². The van der Waals surface area contributed by atoms with Crippen molar-refractivity contribution in [3.63, 3.8) is 0 Å². The summed E-state index contributed by atoms with van der Waals surface area (Å²) in [6.07, 6.45) is 1.30. The highest BCUT2D eigenvalue weighted by Crippen LogP contribution is 2.10. The van der Waals surface area contributed by atoms with E-state index in [9.17, 15) is 9.59 Å². The zero-order valence-corrected chi connectivity index (χ0v) is 9.31. The first-order valence-corrected chi connectivity index (χ1v) is 5.41. The topological polar surface area (TPSA) is 70.3 Å². The smallest absolute Gasteiger partial charge is 0.253 e. The second kappa shape index (κ2) is 3.70. The van der Waals surface area contributed by atoms with Crippen molar-refractivity contribution in [3.05, 3.63) is 46.8 Å². The van der Waals surface area contributed by atoms with E-state index in [-0.39, 0.29) is 5.70 Å². The number of ketones is 2. The fourth-order valence-electron chi connectivity index (χ4n) is 2.14. The summed E-state index contributed by atoms with van der Waals surface area (Å²) in [6.45, 7) is 0. The molecule has 0 unspecified atom stereocenters. The van der Waals surface area contributed by atoms with E-state index in [1.54, 1.807) is 6.07 Å². The van der Waals surface area contributed by atoms with Crippen LogP contribution in [0.15, 0.2) is 41.5 Å². The summed E-state index contributed by atoms with van der Waals surface area (Å²) in [5.74, 6) is -1.34. The number of hydrogen-bond acceptors (Lipinski definition) is 4. The van der Waals surface area contributed by atoms with Crippen LogP contribution in [-0.4, -0.2) is 11.6 Å². The molecule has 0 saturated carbocycles. The Hall–Kier alpha value is -2.62. The van der Waals surface area contributed by atoms with Crippen LogP contribution in [0.5, 0.6) is 0 Å². The Morgan fingerprint density at radius 2 is 1.67 bits per heavy atom. The molecule has 2 aromatic rings. The summed E-state index contributed by atoms with van der Waals surface area (Å²) < 4.78 is 0. The normalized spacial score (nSPS) is 14.3. The average Bonchev–Trinajstić information content (AvgIpc) is 2.38. The quantitative estimate of drug-likeness (QED) is 0.590. The lowest BCUT2D eigenvalue weighted by molar-refractivity contribution is -0.129. The molecule has 0 radical (unpaired) electrons. The fraction of sp³-hybridized carbons (Fsp3) is 0. The van der Waals surface area contributed by atoms with Crippen LogP contribution in [0.1, 0.15) is 0 Å². The second-order valence-electron chi connectivity index (χ2n) is 4.08. The third kappa shape index (κ3) is 1.39. The van der Waals surface area contributed by atoms with E-state index in [1.165, 1.54) is 6.08 Å². The SMILES string of the molecule is N=NC1=c2cc3ccccc3cc2=CC(=O)C1=O. The number of hydrogen-bond donors (Lipinski definition) is 1. The van der Waals surface area contributed by atoms with Crippen LogP contribution in [0.4, 0.5) is 0 Å². The summed E-state index contributed by atoms with van der Waals surface area (Å²) in [6, 6.07) is 11.3. The van der Waals surface area contributed by atoms with E-state index in [2.05, 4.69) is 5.11 Å². The molecule has 0 bridgehead atoms. The molecule has 3 rings (SSSR count). The molecule has 1 aliphatic carbocycles. The lowest BCUT2D eigenvalue weighted by atomic mass is 9.99. The Morgan fingerprint density at radius 3 is 2.33 bits per heavy atom. The standard InChI is InChI=1S/C14H8N2O2/c15-16-13-11-6-9-4-2-1-3-8(9)5-10(11)7-12(17)14(13)18/h1-7,15H. The maximum atomic E-state index is 11.6. The maximum absolute atomic E-state index is 11.6. The van der Waals surface area contributed by atoms with E-state index in [1.807, 2.05) is 30.3 Å². The number of Topliss-reactive ketones (excluding diaryl/α,β-unsaturated/α-hetero) is 2. The van der Waals surface area contributed by atoms with Gasteiger partial charge in [0.1, 0.15) is 5.70 Å². The first-order chi connectivity index (χ1) is 8.70. The molecule has 0 amide bonds. The highest BCUT2D eigenvalue weighted by Gasteiger charge is 2.21. The van der Waals surface area contributed by atoms with Gasteiger partial charge in [0.2, 0.25) is 5.78 Å². The van der Waals surface area contributed by atoms with Crippen molar-refractivity contribution in [2.24, 2.45) is 5.11 Å². The Kier molecular flexibility index (Phi) is 2.16. The van der Waals surface area contributed by atoms with E-state index < -0.39 is 11.6 Å². The summed E-state index contributed by atoms with van der Waals surface area (Å²) in [5, 5.41) is 6.33. The number of nitrogens with zero attached hydrogens (tertiary/aromatic N) is 1. The molecule has 1 aliphatic rings. The lowest BCUT2D eigenvalue weighted by Gasteiger charge is -2.05. The largest absolute Gasteiger partial charge is 0.285 e. The number of fused-ring (bicyclic) bond motifs is 2. The lowest BCUT2D eigenvalue weighted by Crippen LogP contribution is -2.36. The predicted octanol–water partition coefficient (Wildman–Crippen LogP) is 0.911. The molecule has 4 heteroatoms. The van der Waals surface area contributed by atoms with Gasteiger partial charge in [0.25, 0.3) is 5.78 Å². The van der Waals surface area contributed by atoms with Gasteiger partial charge in [-0.15, -0.1) is 0 Å². The van der Waals surface area contributed by atoms with E-state index in [4.69, 9.17) is 5.53 Å². The number of benzene rings is 2. The monoisotopic (exact) mass is 236 g/mol. The molecule has 4 nitrogen and oxygen atoms in total. The van der Waals surface area contributed by atoms with E-state index >= 15 is 0 Å². The van der Waals surface area contributed by atoms with Crippen molar-refractivity contribution < 1.29 is 9.59 Å². The van der Waals surface area contributed by atoms with Crippen LogP contribution in [-0.2, 0) is 9.59 Å². The Labute approximate surface area is 102 Å². The van der Waals surface area contributed by atoms with Gasteiger partial charge in [-0.05, 0) is 34.2 Å². The predicted molar refractivity (Wildman–Crippen MR) is 66.2 cm³/mol. The van der Waals surface area contributed by atoms with Crippen LogP contribution < -0.4 is 10.4 Å². The van der Waals surface area contributed by atoms with Gasteiger partial charge in [-0.1, -0.05) is 24.3 Å². The van der Waals surface area contributed by atoms with Gasteiger partial charge >= 0.3 is 0 Å². The summed E-state index contributed by atoms with van der Waals surface area (Å²) in [4.78, 5) is 23.1. The zero-order chi connectivity index (χ0) is 12.7. The van der Waals surface area contributed by atoms with Crippen LogP contribution in [0.2, 0.25) is 0 Å². The molecule has 0 heterocycles. The van der Waals surface area contributed by atoms with Gasteiger partial charge < -0.3 is 0 Å². The summed E-state index contributed by atoms with van der Waals surface area (Å²) in [5.41, 5.74) is 6.98. The minimum atomic E-state index is -0.715. The molecular formula is C14H8N2O2. The van der Waals surface area contributed by atoms with Gasteiger partial charge in [-0.3, -0.25) is 9.59 Å². The first kappa shape index (κ1) is 10.5. The minimum absolute atomic E-state index is 0.0803. The Bertz CT molecular complexity index is 834. The van der Waals surface area contributed by atoms with Crippen molar-refractivity contribution in [1.82, 2.24) is 0 Å². The molecule has 1 N–H and O–H groups in total. The number of carbonyl (C=O) groups excluding carboxylic acids is 2. The summed E-state index contributed by atoms with van der Waals surface area (Å²) >= 11 is 0. The third-order valence-electron chi connectivity index (χ3n) is 3.01. The molecule has 0 aliphatic heterocycles. The van der Waals surface area contributed by atoms with Crippen molar-refractivity contribution in [1.29, 1.82) is 5.53 Å². The van der Waals surface area contributed by atoms with Crippen molar-refractivity contribution >= 4 is 34.1 Å². The maximum Gasteiger partial charge on any atom is 0.253 e. The van der Waals surface area contributed by atoms with Gasteiger partial charge in [-0.2, -0.15) is 5.11 Å². The van der Waals surface area contributed by atoms with Crippen molar-refractivity contribution in [2.45, 2.75) is 0 Å². The molecular weight excluding hydrogens is 228 g/mol. The molecule has 86 valence electrons. The molecule has 0 fully saturated rings. The Morgan fingerprint density at radius 1 is 1.00 bits per heavy atom. The van der Waals surface area contributed by atoms with Crippen LogP contribution in [0, 0.1) is 5.53 Å². The van der Waals surface area contributed by atoms with Gasteiger partial charge in [0.15, 0.2) is 0 Å². The number of carbonyl (C=O) groups is 2. The van der Waals surface area contributed by atoms with E-state index in [0.29, 0.717) is 10.4 Å². The molecule has 0 spiro atoms. The number of rotatable bonds is 1. The zero-order valence-electron chi connectivity index (χ0n) is 9.31. The minimum Gasteiger partial charge on any atom is -0.285 e. The van der Waals surface area contributed by atoms with Crippen molar-refractivity contribution in [3.8, 4) is 0 Å². The van der Waals surface area contributed by atoms with Crippen LogP contribution in [0.3, 0.4) is 0 Å². The average molecular weight is 236 g/mol.